The average Bonchev–Trinajstić information content (AvgIpc) is 2.66. The van der Waals surface area contributed by atoms with Crippen LogP contribution in [0.4, 0.5) is 0 Å². The molecule has 6 heteroatoms. The van der Waals surface area contributed by atoms with Crippen LogP contribution in [0.2, 0.25) is 0 Å². The number of esters is 1. The Morgan fingerprint density at radius 2 is 2.28 bits per heavy atom. The number of hydrogen-bond donors (Lipinski definition) is 1. The van der Waals surface area contributed by atoms with Gasteiger partial charge in [-0.05, 0) is 11.6 Å². The second-order valence-electron chi connectivity index (χ2n) is 4.21. The summed E-state index contributed by atoms with van der Waals surface area (Å²) in [5.74, 6) is -0.791. The van der Waals surface area contributed by atoms with Gasteiger partial charge < -0.3 is 14.7 Å². The van der Waals surface area contributed by atoms with Crippen molar-refractivity contribution in [3.63, 3.8) is 0 Å². The number of likely N-dealkylation sites (N-methyl/N-ethyl adjacent to an activating group) is 1. The van der Waals surface area contributed by atoms with E-state index in [4.69, 9.17) is 0 Å². The molecule has 1 aliphatic heterocycles. The standard InChI is InChI=1S/C12H14N2O4/c1-14-9(4-10(15)11(14)16)7-3-8(6-13-5-7)12(17)18-2/h3,5-6,9-10,15H,4H2,1-2H3/t9-,10+/m0/s1. The van der Waals surface area contributed by atoms with E-state index < -0.39 is 12.1 Å². The summed E-state index contributed by atoms with van der Waals surface area (Å²) in [7, 11) is 2.91. The maximum absolute atomic E-state index is 11.5. The minimum atomic E-state index is -0.984. The Bertz CT molecular complexity index is 489. The van der Waals surface area contributed by atoms with Crippen molar-refractivity contribution in [2.45, 2.75) is 18.6 Å². The molecule has 0 unspecified atom stereocenters. The number of aliphatic hydroxyl groups excluding tert-OH is 1. The zero-order chi connectivity index (χ0) is 13.3. The van der Waals surface area contributed by atoms with Crippen molar-refractivity contribution in [3.8, 4) is 0 Å². The summed E-state index contributed by atoms with van der Waals surface area (Å²) in [5, 5.41) is 9.52. The van der Waals surface area contributed by atoms with Gasteiger partial charge in [0.2, 0.25) is 0 Å². The van der Waals surface area contributed by atoms with Crippen molar-refractivity contribution in [2.75, 3.05) is 14.2 Å². The highest BCUT2D eigenvalue weighted by atomic mass is 16.5. The predicted molar refractivity (Wildman–Crippen MR) is 61.7 cm³/mol. The number of carbonyl (C=O) groups is 2. The van der Waals surface area contributed by atoms with E-state index >= 15 is 0 Å². The Morgan fingerprint density at radius 3 is 2.83 bits per heavy atom. The maximum atomic E-state index is 11.5. The fourth-order valence-corrected chi connectivity index (χ4v) is 2.09. The van der Waals surface area contributed by atoms with E-state index in [1.807, 2.05) is 0 Å². The molecule has 0 radical (unpaired) electrons. The summed E-state index contributed by atoms with van der Waals surface area (Å²) in [6.45, 7) is 0. The van der Waals surface area contributed by atoms with E-state index in [9.17, 15) is 14.7 Å². The Balaban J connectivity index is 2.29. The van der Waals surface area contributed by atoms with Gasteiger partial charge in [0.15, 0.2) is 0 Å². The van der Waals surface area contributed by atoms with Crippen molar-refractivity contribution in [3.05, 3.63) is 29.6 Å². The zero-order valence-corrected chi connectivity index (χ0v) is 10.2. The van der Waals surface area contributed by atoms with Gasteiger partial charge in [0, 0.05) is 25.9 Å². The third-order valence-corrected chi connectivity index (χ3v) is 3.11. The monoisotopic (exact) mass is 250 g/mol. The first-order valence-corrected chi connectivity index (χ1v) is 5.52. The van der Waals surface area contributed by atoms with Gasteiger partial charge in [-0.15, -0.1) is 0 Å². The van der Waals surface area contributed by atoms with Gasteiger partial charge >= 0.3 is 5.97 Å². The molecule has 0 spiro atoms. The summed E-state index contributed by atoms with van der Waals surface area (Å²) in [5.41, 5.74) is 1.04. The van der Waals surface area contributed by atoms with E-state index in [1.54, 1.807) is 19.3 Å². The zero-order valence-electron chi connectivity index (χ0n) is 10.2. The molecule has 18 heavy (non-hydrogen) atoms. The molecule has 2 heterocycles. The fraction of sp³-hybridized carbons (Fsp3) is 0.417. The maximum Gasteiger partial charge on any atom is 0.339 e. The first-order valence-electron chi connectivity index (χ1n) is 5.52. The molecule has 0 aromatic carbocycles. The van der Waals surface area contributed by atoms with E-state index in [1.165, 1.54) is 18.2 Å². The van der Waals surface area contributed by atoms with Gasteiger partial charge in [0.25, 0.3) is 5.91 Å². The molecule has 0 aliphatic carbocycles. The number of aliphatic hydroxyl groups is 1. The predicted octanol–water partition coefficient (Wildman–Crippen LogP) is 0.132. The lowest BCUT2D eigenvalue weighted by molar-refractivity contribution is -0.134. The molecular formula is C12H14N2O4. The summed E-state index contributed by atoms with van der Waals surface area (Å²) < 4.78 is 4.61. The number of rotatable bonds is 2. The summed E-state index contributed by atoms with van der Waals surface area (Å²) in [6.07, 6.45) is 2.31. The molecule has 1 aromatic rings. The van der Waals surface area contributed by atoms with Crippen molar-refractivity contribution < 1.29 is 19.4 Å². The molecular weight excluding hydrogens is 236 g/mol. The highest BCUT2D eigenvalue weighted by Gasteiger charge is 2.37. The van der Waals surface area contributed by atoms with Crippen molar-refractivity contribution in [2.24, 2.45) is 0 Å². The van der Waals surface area contributed by atoms with Gasteiger partial charge in [-0.2, -0.15) is 0 Å². The highest BCUT2D eigenvalue weighted by Crippen LogP contribution is 2.31. The SMILES string of the molecule is COC(=O)c1cncc([C@@H]2C[C@@H](O)C(=O)N2C)c1. The van der Waals surface area contributed by atoms with E-state index in [-0.39, 0.29) is 11.9 Å². The average molecular weight is 250 g/mol. The van der Waals surface area contributed by atoms with Gasteiger partial charge in [-0.25, -0.2) is 4.79 Å². The Morgan fingerprint density at radius 1 is 1.56 bits per heavy atom. The summed E-state index contributed by atoms with van der Waals surface area (Å²) in [6, 6.07) is 1.37. The van der Waals surface area contributed by atoms with Crippen LogP contribution in [-0.2, 0) is 9.53 Å². The van der Waals surface area contributed by atoms with E-state index in [0.29, 0.717) is 17.5 Å². The van der Waals surface area contributed by atoms with Crippen LogP contribution >= 0.6 is 0 Å². The number of hydrogen-bond acceptors (Lipinski definition) is 5. The smallest absolute Gasteiger partial charge is 0.339 e. The minimum absolute atomic E-state index is 0.260. The van der Waals surface area contributed by atoms with E-state index in [2.05, 4.69) is 9.72 Å². The van der Waals surface area contributed by atoms with Crippen LogP contribution in [0.15, 0.2) is 18.5 Å². The van der Waals surface area contributed by atoms with Crippen LogP contribution in [0, 0.1) is 0 Å². The second kappa shape index (κ2) is 4.73. The molecule has 1 saturated heterocycles. The molecule has 6 nitrogen and oxygen atoms in total. The Hall–Kier alpha value is -1.95. The van der Waals surface area contributed by atoms with Crippen LogP contribution < -0.4 is 0 Å². The number of nitrogens with zero attached hydrogens (tertiary/aromatic N) is 2. The Kier molecular flexibility index (Phi) is 3.29. The second-order valence-corrected chi connectivity index (χ2v) is 4.21. The topological polar surface area (TPSA) is 79.7 Å². The molecule has 1 N–H and O–H groups in total. The quantitative estimate of drug-likeness (QED) is 0.755. The van der Waals surface area contributed by atoms with Gasteiger partial charge in [0.1, 0.15) is 6.10 Å². The third kappa shape index (κ3) is 2.06. The molecule has 1 fully saturated rings. The van der Waals surface area contributed by atoms with E-state index in [0.717, 1.165) is 0 Å². The van der Waals surface area contributed by atoms with Crippen molar-refractivity contribution in [1.82, 2.24) is 9.88 Å². The van der Waals surface area contributed by atoms with Crippen molar-refractivity contribution in [1.29, 1.82) is 0 Å². The molecule has 2 atom stereocenters. The number of methoxy groups -OCH3 is 1. The Labute approximate surface area is 104 Å². The summed E-state index contributed by atoms with van der Waals surface area (Å²) >= 11 is 0. The normalized spacial score (nSPS) is 23.3. The van der Waals surface area contributed by atoms with Crippen LogP contribution in [0.25, 0.3) is 0 Å². The molecule has 1 aromatic heterocycles. The molecule has 96 valence electrons. The number of aromatic nitrogens is 1. The first-order chi connectivity index (χ1) is 8.54. The van der Waals surface area contributed by atoms with Crippen LogP contribution in [0.5, 0.6) is 0 Å². The lowest BCUT2D eigenvalue weighted by Gasteiger charge is -2.19. The van der Waals surface area contributed by atoms with Crippen LogP contribution in [0.3, 0.4) is 0 Å². The lowest BCUT2D eigenvalue weighted by atomic mass is 10.0. The molecule has 0 saturated carbocycles. The molecule has 0 bridgehead atoms. The van der Waals surface area contributed by atoms with Gasteiger partial charge in [0.05, 0.1) is 18.7 Å². The van der Waals surface area contributed by atoms with Crippen LogP contribution in [-0.4, -0.2) is 47.1 Å². The van der Waals surface area contributed by atoms with Gasteiger partial charge in [-0.3, -0.25) is 9.78 Å². The molecule has 2 rings (SSSR count). The van der Waals surface area contributed by atoms with Gasteiger partial charge in [-0.1, -0.05) is 0 Å². The highest BCUT2D eigenvalue weighted by molar-refractivity contribution is 5.89. The van der Waals surface area contributed by atoms with Crippen molar-refractivity contribution >= 4 is 11.9 Å². The number of carbonyl (C=O) groups excluding carboxylic acids is 2. The van der Waals surface area contributed by atoms with Crippen LogP contribution in [0.1, 0.15) is 28.4 Å². The number of likely N-dealkylation sites (tertiary alicyclic amines) is 1. The number of ether oxygens (including phenoxy) is 1. The summed E-state index contributed by atoms with van der Waals surface area (Å²) in [4.78, 5) is 28.3. The lowest BCUT2D eigenvalue weighted by Crippen LogP contribution is -2.26. The molecule has 1 amide bonds. The number of pyridine rings is 1. The first kappa shape index (κ1) is 12.5. The number of amides is 1. The largest absolute Gasteiger partial charge is 0.465 e. The molecule has 1 aliphatic rings. The fourth-order valence-electron chi connectivity index (χ4n) is 2.09. The third-order valence-electron chi connectivity index (χ3n) is 3.11. The minimum Gasteiger partial charge on any atom is -0.465 e.